The average Bonchev–Trinajstić information content (AvgIpc) is 2.57. The number of nitrogens with one attached hydrogen (secondary N) is 1. The van der Waals surface area contributed by atoms with Gasteiger partial charge in [-0.15, -0.1) is 0 Å². The number of halogens is 1. The summed E-state index contributed by atoms with van der Waals surface area (Å²) in [6.45, 7) is 4.48. The van der Waals surface area contributed by atoms with Gasteiger partial charge in [-0.05, 0) is 36.8 Å². The molecule has 1 aliphatic carbocycles. The van der Waals surface area contributed by atoms with Crippen LogP contribution in [0.25, 0.3) is 0 Å². The highest BCUT2D eigenvalue weighted by Gasteiger charge is 2.31. The van der Waals surface area contributed by atoms with Crippen molar-refractivity contribution in [3.05, 3.63) is 28.8 Å². The van der Waals surface area contributed by atoms with Gasteiger partial charge in [0.2, 0.25) is 0 Å². The lowest BCUT2D eigenvalue weighted by Gasteiger charge is -2.19. The lowest BCUT2D eigenvalue weighted by Crippen LogP contribution is -2.19. The molecule has 0 bridgehead atoms. The molecule has 1 aliphatic rings. The summed E-state index contributed by atoms with van der Waals surface area (Å²) in [6.07, 6.45) is 3.28. The molecule has 2 N–H and O–H groups in total. The Hall–Kier alpha value is -1.22. The van der Waals surface area contributed by atoms with Crippen LogP contribution in [0.1, 0.15) is 43.5 Å². The second-order valence-electron chi connectivity index (χ2n) is 5.72. The maximum atomic E-state index is 11.2. The van der Waals surface area contributed by atoms with Crippen LogP contribution < -0.4 is 5.32 Å². The summed E-state index contributed by atoms with van der Waals surface area (Å²) < 4.78 is 0. The highest BCUT2D eigenvalue weighted by atomic mass is 35.5. The molecular weight excluding hydrogens is 250 g/mol. The second kappa shape index (κ2) is 4.81. The van der Waals surface area contributed by atoms with Crippen molar-refractivity contribution in [3.8, 4) is 0 Å². The molecule has 0 aliphatic heterocycles. The first-order valence-electron chi connectivity index (χ1n) is 6.17. The summed E-state index contributed by atoms with van der Waals surface area (Å²) >= 11 is 5.95. The Morgan fingerprint density at radius 1 is 1.50 bits per heavy atom. The normalized spacial score (nSPS) is 21.8. The van der Waals surface area contributed by atoms with Crippen molar-refractivity contribution in [2.75, 3.05) is 5.32 Å². The number of carbonyl (C=O) groups is 1. The minimum atomic E-state index is -0.986. The van der Waals surface area contributed by atoms with Crippen LogP contribution in [0.5, 0.6) is 0 Å². The average molecular weight is 268 g/mol. The third kappa shape index (κ3) is 2.78. The largest absolute Gasteiger partial charge is 0.478 e. The summed E-state index contributed by atoms with van der Waals surface area (Å²) in [5, 5.41) is 12.8. The molecule has 98 valence electrons. The third-order valence-corrected chi connectivity index (χ3v) is 3.87. The maximum Gasteiger partial charge on any atom is 0.339 e. The first-order valence-corrected chi connectivity index (χ1v) is 6.55. The lowest BCUT2D eigenvalue weighted by atomic mass is 9.92. The van der Waals surface area contributed by atoms with E-state index in [-0.39, 0.29) is 10.6 Å². The topological polar surface area (TPSA) is 49.3 Å². The van der Waals surface area contributed by atoms with E-state index in [0.717, 1.165) is 19.3 Å². The molecule has 1 atom stereocenters. The molecule has 18 heavy (non-hydrogen) atoms. The van der Waals surface area contributed by atoms with Crippen molar-refractivity contribution in [1.29, 1.82) is 0 Å². The Bertz CT molecular complexity index is 471. The molecule has 0 heterocycles. The molecule has 1 aromatic carbocycles. The summed E-state index contributed by atoms with van der Waals surface area (Å²) in [7, 11) is 0. The van der Waals surface area contributed by atoms with E-state index in [1.54, 1.807) is 18.2 Å². The van der Waals surface area contributed by atoms with Gasteiger partial charge in [-0.2, -0.15) is 0 Å². The first-order chi connectivity index (χ1) is 8.39. The Kier molecular flexibility index (Phi) is 3.53. The minimum absolute atomic E-state index is 0.170. The van der Waals surface area contributed by atoms with E-state index < -0.39 is 5.97 Å². The van der Waals surface area contributed by atoms with E-state index in [1.165, 1.54) is 0 Å². The van der Waals surface area contributed by atoms with Crippen LogP contribution in [-0.2, 0) is 0 Å². The van der Waals surface area contributed by atoms with Gasteiger partial charge in [-0.3, -0.25) is 0 Å². The fraction of sp³-hybridized carbons (Fsp3) is 0.500. The molecule has 0 aromatic heterocycles. The van der Waals surface area contributed by atoms with Gasteiger partial charge in [0.05, 0.1) is 10.7 Å². The third-order valence-electron chi connectivity index (χ3n) is 3.56. The molecular formula is C14H18ClNO2. The number of carboxylic acids is 1. The quantitative estimate of drug-likeness (QED) is 0.869. The zero-order chi connectivity index (χ0) is 13.3. The van der Waals surface area contributed by atoms with Crippen molar-refractivity contribution in [1.82, 2.24) is 0 Å². The number of hydrogen-bond acceptors (Lipinski definition) is 2. The van der Waals surface area contributed by atoms with Crippen LogP contribution in [0.15, 0.2) is 18.2 Å². The van der Waals surface area contributed by atoms with Crippen molar-refractivity contribution in [3.63, 3.8) is 0 Å². The van der Waals surface area contributed by atoms with Crippen LogP contribution in [-0.4, -0.2) is 17.1 Å². The molecule has 1 unspecified atom stereocenters. The highest BCUT2D eigenvalue weighted by molar-refractivity contribution is 6.34. The molecule has 3 nitrogen and oxygen atoms in total. The summed E-state index contributed by atoms with van der Waals surface area (Å²) in [4.78, 5) is 11.2. The van der Waals surface area contributed by atoms with Gasteiger partial charge >= 0.3 is 5.97 Å². The van der Waals surface area contributed by atoms with Crippen molar-refractivity contribution in [2.24, 2.45) is 5.41 Å². The second-order valence-corrected chi connectivity index (χ2v) is 6.12. The Morgan fingerprint density at radius 2 is 2.22 bits per heavy atom. The Balaban J connectivity index is 2.20. The van der Waals surface area contributed by atoms with Gasteiger partial charge in [0.25, 0.3) is 0 Å². The predicted octanol–water partition coefficient (Wildman–Crippen LogP) is 4.03. The fourth-order valence-electron chi connectivity index (χ4n) is 2.64. The number of rotatable bonds is 3. The molecule has 1 saturated carbocycles. The number of anilines is 1. The van der Waals surface area contributed by atoms with Crippen LogP contribution in [0.2, 0.25) is 5.02 Å². The van der Waals surface area contributed by atoms with Gasteiger partial charge in [-0.1, -0.05) is 31.5 Å². The number of benzene rings is 1. The molecule has 1 aromatic rings. The van der Waals surface area contributed by atoms with E-state index in [2.05, 4.69) is 19.2 Å². The van der Waals surface area contributed by atoms with E-state index >= 15 is 0 Å². The van der Waals surface area contributed by atoms with Crippen molar-refractivity contribution in [2.45, 2.75) is 39.2 Å². The minimum Gasteiger partial charge on any atom is -0.478 e. The molecule has 0 saturated heterocycles. The SMILES string of the molecule is CC1(C)CCC(Nc2cccc(Cl)c2C(=O)O)C1. The van der Waals surface area contributed by atoms with Crippen LogP contribution in [0.3, 0.4) is 0 Å². The van der Waals surface area contributed by atoms with E-state index in [0.29, 0.717) is 17.1 Å². The van der Waals surface area contributed by atoms with Crippen LogP contribution >= 0.6 is 11.6 Å². The summed E-state index contributed by atoms with van der Waals surface area (Å²) in [5.41, 5.74) is 1.13. The molecule has 1 fully saturated rings. The summed E-state index contributed by atoms with van der Waals surface area (Å²) in [5.74, 6) is -0.986. The molecule has 2 rings (SSSR count). The van der Waals surface area contributed by atoms with Crippen LogP contribution in [0.4, 0.5) is 5.69 Å². The van der Waals surface area contributed by atoms with Gasteiger partial charge < -0.3 is 10.4 Å². The molecule has 0 radical (unpaired) electrons. The number of carboxylic acid groups (broad SMARTS) is 1. The standard InChI is InChI=1S/C14H18ClNO2/c1-14(2)7-6-9(8-14)16-11-5-3-4-10(15)12(11)13(17)18/h3-5,9,16H,6-8H2,1-2H3,(H,17,18). The monoisotopic (exact) mass is 267 g/mol. The fourth-order valence-corrected chi connectivity index (χ4v) is 2.90. The zero-order valence-corrected chi connectivity index (χ0v) is 11.4. The van der Waals surface area contributed by atoms with E-state index in [4.69, 9.17) is 11.6 Å². The Labute approximate surface area is 112 Å². The zero-order valence-electron chi connectivity index (χ0n) is 10.7. The number of hydrogen-bond donors (Lipinski definition) is 2. The van der Waals surface area contributed by atoms with Gasteiger partial charge in [0, 0.05) is 6.04 Å². The van der Waals surface area contributed by atoms with Gasteiger partial charge in [0.1, 0.15) is 5.56 Å². The molecule has 0 amide bonds. The molecule has 0 spiro atoms. The van der Waals surface area contributed by atoms with E-state index in [1.807, 2.05) is 0 Å². The Morgan fingerprint density at radius 3 is 2.78 bits per heavy atom. The number of aromatic carboxylic acids is 1. The smallest absolute Gasteiger partial charge is 0.339 e. The maximum absolute atomic E-state index is 11.2. The van der Waals surface area contributed by atoms with Gasteiger partial charge in [0.15, 0.2) is 0 Å². The lowest BCUT2D eigenvalue weighted by molar-refractivity contribution is 0.0698. The highest BCUT2D eigenvalue weighted by Crippen LogP contribution is 2.39. The van der Waals surface area contributed by atoms with Crippen LogP contribution in [0, 0.1) is 5.41 Å². The molecule has 4 heteroatoms. The first kappa shape index (κ1) is 13.2. The summed E-state index contributed by atoms with van der Waals surface area (Å²) in [6, 6.07) is 5.49. The van der Waals surface area contributed by atoms with Crippen molar-refractivity contribution >= 4 is 23.3 Å². The van der Waals surface area contributed by atoms with E-state index in [9.17, 15) is 9.90 Å². The van der Waals surface area contributed by atoms with Crippen molar-refractivity contribution < 1.29 is 9.90 Å². The van der Waals surface area contributed by atoms with Gasteiger partial charge in [-0.25, -0.2) is 4.79 Å². The predicted molar refractivity (Wildman–Crippen MR) is 73.5 cm³/mol.